The lowest BCUT2D eigenvalue weighted by Crippen LogP contribution is -2.13. The third-order valence-corrected chi connectivity index (χ3v) is 5.07. The van der Waals surface area contributed by atoms with E-state index < -0.39 is 0 Å². The number of nitriles is 1. The van der Waals surface area contributed by atoms with Gasteiger partial charge >= 0.3 is 0 Å². The highest BCUT2D eigenvalue weighted by atomic mass is 16.5. The summed E-state index contributed by atoms with van der Waals surface area (Å²) in [4.78, 5) is 11.9. The Labute approximate surface area is 158 Å². The Balaban J connectivity index is 1.78. The van der Waals surface area contributed by atoms with Gasteiger partial charge in [-0.1, -0.05) is 12.1 Å². The van der Waals surface area contributed by atoms with E-state index in [4.69, 9.17) is 4.74 Å². The van der Waals surface area contributed by atoms with Gasteiger partial charge in [0.05, 0.1) is 23.9 Å². The normalized spacial score (nSPS) is 13.4. The number of hydrogen-bond donors (Lipinski definition) is 1. The number of benzene rings is 2. The lowest BCUT2D eigenvalue weighted by Gasteiger charge is -2.10. The molecule has 1 heterocycles. The molecule has 1 N–H and O–H groups in total. The van der Waals surface area contributed by atoms with E-state index >= 15 is 0 Å². The lowest BCUT2D eigenvalue weighted by atomic mass is 10.1. The van der Waals surface area contributed by atoms with Crippen molar-refractivity contribution in [3.63, 3.8) is 0 Å². The molecule has 0 bridgehead atoms. The summed E-state index contributed by atoms with van der Waals surface area (Å²) in [5, 5.41) is 13.7. The summed E-state index contributed by atoms with van der Waals surface area (Å²) >= 11 is 0. The number of ether oxygens (including phenoxy) is 1. The highest BCUT2D eigenvalue weighted by Gasteiger charge is 2.29. The van der Waals surface area contributed by atoms with Crippen molar-refractivity contribution in [1.82, 2.24) is 4.57 Å². The van der Waals surface area contributed by atoms with Gasteiger partial charge in [-0.3, -0.25) is 4.79 Å². The van der Waals surface area contributed by atoms with Gasteiger partial charge in [-0.2, -0.15) is 5.26 Å². The fraction of sp³-hybridized carbons (Fsp3) is 0.273. The zero-order chi connectivity index (χ0) is 19.0. The molecule has 0 aliphatic heterocycles. The van der Waals surface area contributed by atoms with Crippen molar-refractivity contribution in [2.45, 2.75) is 26.3 Å². The number of methoxy groups -OCH3 is 1. The molecule has 1 aromatic heterocycles. The molecular weight excluding hydrogens is 338 g/mol. The Bertz CT molecular complexity index is 1050. The van der Waals surface area contributed by atoms with Crippen LogP contribution in [0.3, 0.4) is 0 Å². The number of rotatable bonds is 5. The largest absolute Gasteiger partial charge is 0.497 e. The number of nitrogens with zero attached hydrogens (tertiary/aromatic N) is 2. The molecule has 1 aliphatic carbocycles. The third kappa shape index (κ3) is 3.04. The molecule has 136 valence electrons. The first-order valence-corrected chi connectivity index (χ1v) is 9.18. The molecule has 0 spiro atoms. The summed E-state index contributed by atoms with van der Waals surface area (Å²) in [7, 11) is 1.64. The summed E-state index contributed by atoms with van der Waals surface area (Å²) in [6.45, 7) is 2.80. The maximum atomic E-state index is 11.9. The minimum atomic E-state index is 0.0928. The van der Waals surface area contributed by atoms with Gasteiger partial charge < -0.3 is 14.6 Å². The number of carbonyl (C=O) groups excluding carboxylic acids is 1. The number of carbonyl (C=O) groups is 1. The van der Waals surface area contributed by atoms with E-state index in [9.17, 15) is 10.1 Å². The Kier molecular flexibility index (Phi) is 4.33. The zero-order valence-corrected chi connectivity index (χ0v) is 15.5. The maximum Gasteiger partial charge on any atom is 0.227 e. The van der Waals surface area contributed by atoms with E-state index in [0.717, 1.165) is 53.0 Å². The number of aryl methyl sites for hydroxylation is 1. The number of anilines is 1. The summed E-state index contributed by atoms with van der Waals surface area (Å²) in [6.07, 6.45) is 1.96. The standard InChI is InChI=1S/C22H21N3O2/c1-3-25-20-12-17(27-2)10-11-18(20)19(13-23)21(25)14-6-8-16(9-7-14)24-22(26)15-4-5-15/h6-12,15H,3-5H2,1-2H3,(H,24,26). The van der Waals surface area contributed by atoms with Crippen molar-refractivity contribution < 1.29 is 9.53 Å². The second-order valence-electron chi connectivity index (χ2n) is 6.80. The second kappa shape index (κ2) is 6.81. The molecule has 3 aromatic rings. The van der Waals surface area contributed by atoms with Gasteiger partial charge in [0.1, 0.15) is 11.8 Å². The van der Waals surface area contributed by atoms with Gasteiger partial charge in [0.2, 0.25) is 5.91 Å². The van der Waals surface area contributed by atoms with Crippen molar-refractivity contribution in [3.8, 4) is 23.1 Å². The second-order valence-corrected chi connectivity index (χ2v) is 6.80. The van der Waals surface area contributed by atoms with E-state index in [2.05, 4.69) is 22.9 Å². The van der Waals surface area contributed by atoms with Crippen LogP contribution in [0.5, 0.6) is 5.75 Å². The van der Waals surface area contributed by atoms with Crippen molar-refractivity contribution in [2.24, 2.45) is 5.92 Å². The first-order valence-electron chi connectivity index (χ1n) is 9.18. The minimum absolute atomic E-state index is 0.0928. The lowest BCUT2D eigenvalue weighted by molar-refractivity contribution is -0.117. The SMILES string of the molecule is CCn1c(-c2ccc(NC(=O)C3CC3)cc2)c(C#N)c2ccc(OC)cc21. The summed E-state index contributed by atoms with van der Waals surface area (Å²) in [6, 6.07) is 15.9. The topological polar surface area (TPSA) is 67.0 Å². The highest BCUT2D eigenvalue weighted by Crippen LogP contribution is 2.36. The molecule has 0 atom stereocenters. The first-order chi connectivity index (χ1) is 13.2. The molecule has 0 radical (unpaired) electrons. The Morgan fingerprint density at radius 1 is 1.26 bits per heavy atom. The van der Waals surface area contributed by atoms with Gasteiger partial charge in [0.15, 0.2) is 0 Å². The molecule has 0 unspecified atom stereocenters. The molecular formula is C22H21N3O2. The predicted octanol–water partition coefficient (Wildman–Crippen LogP) is 4.56. The van der Waals surface area contributed by atoms with Crippen molar-refractivity contribution in [3.05, 3.63) is 48.0 Å². The molecule has 2 aromatic carbocycles. The zero-order valence-electron chi connectivity index (χ0n) is 15.5. The van der Waals surface area contributed by atoms with Crippen LogP contribution in [0.4, 0.5) is 5.69 Å². The highest BCUT2D eigenvalue weighted by molar-refractivity contribution is 5.96. The average Bonchev–Trinajstić information content (AvgIpc) is 3.50. The summed E-state index contributed by atoms with van der Waals surface area (Å²) < 4.78 is 7.48. The van der Waals surface area contributed by atoms with Crippen LogP contribution in [0.15, 0.2) is 42.5 Å². The Morgan fingerprint density at radius 3 is 2.59 bits per heavy atom. The van der Waals surface area contributed by atoms with Crippen LogP contribution < -0.4 is 10.1 Å². The number of aromatic nitrogens is 1. The maximum absolute atomic E-state index is 11.9. The van der Waals surface area contributed by atoms with Crippen LogP contribution in [-0.4, -0.2) is 17.6 Å². The number of hydrogen-bond acceptors (Lipinski definition) is 3. The fourth-order valence-electron chi connectivity index (χ4n) is 3.50. The predicted molar refractivity (Wildman–Crippen MR) is 106 cm³/mol. The van der Waals surface area contributed by atoms with Gasteiger partial charge in [-0.05, 0) is 49.6 Å². The van der Waals surface area contributed by atoms with Crippen LogP contribution in [0.2, 0.25) is 0 Å². The van der Waals surface area contributed by atoms with Crippen LogP contribution in [0, 0.1) is 17.2 Å². The summed E-state index contributed by atoms with van der Waals surface area (Å²) in [5.74, 6) is 1.03. The van der Waals surface area contributed by atoms with Crippen LogP contribution in [0.25, 0.3) is 22.2 Å². The quantitative estimate of drug-likeness (QED) is 0.726. The van der Waals surface area contributed by atoms with Gasteiger partial charge in [-0.25, -0.2) is 0 Å². The van der Waals surface area contributed by atoms with Crippen molar-refractivity contribution in [2.75, 3.05) is 12.4 Å². The molecule has 4 rings (SSSR count). The molecule has 0 saturated heterocycles. The number of nitrogens with one attached hydrogen (secondary N) is 1. The molecule has 5 nitrogen and oxygen atoms in total. The van der Waals surface area contributed by atoms with Gasteiger partial charge in [-0.15, -0.1) is 0 Å². The third-order valence-electron chi connectivity index (χ3n) is 5.07. The van der Waals surface area contributed by atoms with Crippen LogP contribution >= 0.6 is 0 Å². The first kappa shape index (κ1) is 17.2. The van der Waals surface area contributed by atoms with Crippen LogP contribution in [-0.2, 0) is 11.3 Å². The molecule has 1 amide bonds. The fourth-order valence-corrected chi connectivity index (χ4v) is 3.50. The molecule has 1 aliphatic rings. The van der Waals surface area contributed by atoms with E-state index in [0.29, 0.717) is 5.56 Å². The van der Waals surface area contributed by atoms with E-state index in [-0.39, 0.29) is 11.8 Å². The molecule has 1 fully saturated rings. The molecule has 5 heteroatoms. The van der Waals surface area contributed by atoms with Gasteiger partial charge in [0.25, 0.3) is 0 Å². The van der Waals surface area contributed by atoms with E-state index in [1.807, 2.05) is 42.5 Å². The monoisotopic (exact) mass is 359 g/mol. The smallest absolute Gasteiger partial charge is 0.227 e. The van der Waals surface area contributed by atoms with Crippen molar-refractivity contribution >= 4 is 22.5 Å². The van der Waals surface area contributed by atoms with E-state index in [1.165, 1.54) is 0 Å². The number of fused-ring (bicyclic) bond motifs is 1. The van der Waals surface area contributed by atoms with Crippen molar-refractivity contribution in [1.29, 1.82) is 5.26 Å². The Morgan fingerprint density at radius 2 is 2.00 bits per heavy atom. The minimum Gasteiger partial charge on any atom is -0.497 e. The summed E-state index contributed by atoms with van der Waals surface area (Å²) in [5.41, 5.74) is 4.27. The molecule has 27 heavy (non-hydrogen) atoms. The molecule has 1 saturated carbocycles. The van der Waals surface area contributed by atoms with E-state index in [1.54, 1.807) is 7.11 Å². The number of amides is 1. The average molecular weight is 359 g/mol. The van der Waals surface area contributed by atoms with Crippen LogP contribution in [0.1, 0.15) is 25.3 Å². The Hall–Kier alpha value is -3.26. The van der Waals surface area contributed by atoms with Gasteiger partial charge in [0, 0.05) is 29.6 Å².